The van der Waals surface area contributed by atoms with Gasteiger partial charge in [0.2, 0.25) is 21.8 Å². The molecular formula is C26H36ClN3O4S. The number of aryl methyl sites for hydroxylation is 1. The zero-order chi connectivity index (χ0) is 26.2. The van der Waals surface area contributed by atoms with Gasteiger partial charge in [0.05, 0.1) is 11.9 Å². The standard InChI is InChI=1S/C26H36ClN3O4S/c1-6-23(26(32)28-17-19(2)3)29(15-14-21-10-8-7-9-11-21)25(31)18-30(35(5,33)34)24-13-12-22(27)16-20(24)4/h7-13,16,19,23H,6,14-15,17-18H2,1-5H3,(H,28,32). The zero-order valence-corrected chi connectivity index (χ0v) is 22.7. The van der Waals surface area contributed by atoms with Gasteiger partial charge in [0.25, 0.3) is 0 Å². The van der Waals surface area contributed by atoms with Crippen LogP contribution in [0.15, 0.2) is 48.5 Å². The summed E-state index contributed by atoms with van der Waals surface area (Å²) in [6, 6.07) is 13.8. The third-order valence-electron chi connectivity index (χ3n) is 5.66. The number of sulfonamides is 1. The molecule has 1 N–H and O–H groups in total. The average Bonchev–Trinajstić information content (AvgIpc) is 2.79. The lowest BCUT2D eigenvalue weighted by Crippen LogP contribution is -2.53. The van der Waals surface area contributed by atoms with Crippen LogP contribution in [0.4, 0.5) is 5.69 Å². The van der Waals surface area contributed by atoms with Gasteiger partial charge < -0.3 is 10.2 Å². The van der Waals surface area contributed by atoms with E-state index in [0.717, 1.165) is 16.1 Å². The van der Waals surface area contributed by atoms with Gasteiger partial charge in [-0.25, -0.2) is 8.42 Å². The molecule has 0 saturated carbocycles. The number of halogens is 1. The Morgan fingerprint density at radius 3 is 2.29 bits per heavy atom. The van der Waals surface area contributed by atoms with Crippen LogP contribution < -0.4 is 9.62 Å². The molecule has 2 amide bonds. The monoisotopic (exact) mass is 521 g/mol. The van der Waals surface area contributed by atoms with Gasteiger partial charge in [0.1, 0.15) is 12.6 Å². The van der Waals surface area contributed by atoms with Crippen molar-refractivity contribution in [3.63, 3.8) is 0 Å². The summed E-state index contributed by atoms with van der Waals surface area (Å²) in [5.74, 6) is -0.415. The second kappa shape index (κ2) is 12.9. The van der Waals surface area contributed by atoms with Crippen LogP contribution in [0.25, 0.3) is 0 Å². The number of benzene rings is 2. The molecule has 2 aromatic rings. The summed E-state index contributed by atoms with van der Waals surface area (Å²) in [6.07, 6.45) is 2.01. The molecule has 0 aliphatic rings. The van der Waals surface area contributed by atoms with Crippen molar-refractivity contribution in [1.29, 1.82) is 0 Å². The number of hydrogen-bond acceptors (Lipinski definition) is 4. The van der Waals surface area contributed by atoms with E-state index < -0.39 is 28.5 Å². The van der Waals surface area contributed by atoms with Crippen molar-refractivity contribution in [2.45, 2.75) is 46.6 Å². The molecule has 2 rings (SSSR count). The van der Waals surface area contributed by atoms with Gasteiger partial charge in [-0.15, -0.1) is 0 Å². The van der Waals surface area contributed by atoms with Gasteiger partial charge in [-0.1, -0.05) is 62.7 Å². The van der Waals surface area contributed by atoms with Crippen molar-refractivity contribution < 1.29 is 18.0 Å². The van der Waals surface area contributed by atoms with Gasteiger partial charge in [-0.05, 0) is 55.0 Å². The lowest BCUT2D eigenvalue weighted by atomic mass is 10.1. The fourth-order valence-corrected chi connectivity index (χ4v) is 4.95. The van der Waals surface area contributed by atoms with E-state index in [-0.39, 0.29) is 18.4 Å². The smallest absolute Gasteiger partial charge is 0.244 e. The Hall–Kier alpha value is -2.58. The molecule has 1 unspecified atom stereocenters. The first kappa shape index (κ1) is 28.7. The van der Waals surface area contributed by atoms with Gasteiger partial charge in [0.15, 0.2) is 0 Å². The fraction of sp³-hybridized carbons (Fsp3) is 0.462. The summed E-state index contributed by atoms with van der Waals surface area (Å²) < 4.78 is 26.5. The van der Waals surface area contributed by atoms with E-state index in [1.54, 1.807) is 25.1 Å². The van der Waals surface area contributed by atoms with E-state index in [9.17, 15) is 18.0 Å². The summed E-state index contributed by atoms with van der Waals surface area (Å²) in [5, 5.41) is 3.39. The second-order valence-corrected chi connectivity index (χ2v) is 11.4. The highest BCUT2D eigenvalue weighted by atomic mass is 35.5. The Kier molecular flexibility index (Phi) is 10.6. The van der Waals surface area contributed by atoms with Crippen LogP contribution >= 0.6 is 11.6 Å². The van der Waals surface area contributed by atoms with Crippen molar-refractivity contribution in [3.05, 3.63) is 64.7 Å². The average molecular weight is 522 g/mol. The van der Waals surface area contributed by atoms with E-state index in [1.807, 2.05) is 51.1 Å². The summed E-state index contributed by atoms with van der Waals surface area (Å²) >= 11 is 6.05. The quantitative estimate of drug-likeness (QED) is 0.456. The molecule has 0 fully saturated rings. The van der Waals surface area contributed by atoms with E-state index in [2.05, 4.69) is 5.32 Å². The summed E-state index contributed by atoms with van der Waals surface area (Å²) in [6.45, 7) is 7.95. The maximum atomic E-state index is 13.6. The third-order valence-corrected chi connectivity index (χ3v) is 7.02. The van der Waals surface area contributed by atoms with Crippen molar-refractivity contribution in [2.75, 3.05) is 30.2 Å². The first-order valence-electron chi connectivity index (χ1n) is 11.8. The number of hydrogen-bond donors (Lipinski definition) is 1. The highest BCUT2D eigenvalue weighted by Crippen LogP contribution is 2.26. The molecule has 1 atom stereocenters. The largest absolute Gasteiger partial charge is 0.354 e. The van der Waals surface area contributed by atoms with E-state index in [1.165, 1.54) is 4.90 Å². The van der Waals surface area contributed by atoms with Crippen molar-refractivity contribution in [3.8, 4) is 0 Å². The van der Waals surface area contributed by atoms with E-state index in [4.69, 9.17) is 11.6 Å². The van der Waals surface area contributed by atoms with Crippen LogP contribution in [0.3, 0.4) is 0 Å². The van der Waals surface area contributed by atoms with E-state index >= 15 is 0 Å². The maximum absolute atomic E-state index is 13.6. The van der Waals surface area contributed by atoms with Crippen LogP contribution in [0.2, 0.25) is 5.02 Å². The molecule has 0 heterocycles. The van der Waals surface area contributed by atoms with E-state index in [0.29, 0.717) is 35.7 Å². The molecule has 7 nitrogen and oxygen atoms in total. The normalized spacial score (nSPS) is 12.3. The first-order chi connectivity index (χ1) is 16.4. The van der Waals surface area contributed by atoms with Crippen LogP contribution in [-0.4, -0.2) is 57.1 Å². The molecule has 0 spiro atoms. The summed E-state index contributed by atoms with van der Waals surface area (Å²) in [5.41, 5.74) is 2.04. The lowest BCUT2D eigenvalue weighted by Gasteiger charge is -2.33. The molecule has 35 heavy (non-hydrogen) atoms. The van der Waals surface area contributed by atoms with Gasteiger partial charge >= 0.3 is 0 Å². The minimum atomic E-state index is -3.78. The molecule has 2 aromatic carbocycles. The predicted octanol–water partition coefficient (Wildman–Crippen LogP) is 4.04. The number of anilines is 1. The molecular weight excluding hydrogens is 486 g/mol. The number of carbonyl (C=O) groups excluding carboxylic acids is 2. The molecule has 0 aliphatic heterocycles. The number of nitrogens with one attached hydrogen (secondary N) is 1. The third kappa shape index (κ3) is 8.54. The molecule has 0 aliphatic carbocycles. The molecule has 0 aromatic heterocycles. The van der Waals surface area contributed by atoms with Crippen LogP contribution in [-0.2, 0) is 26.0 Å². The van der Waals surface area contributed by atoms with Crippen molar-refractivity contribution >= 4 is 39.1 Å². The highest BCUT2D eigenvalue weighted by Gasteiger charge is 2.31. The number of nitrogens with zero attached hydrogens (tertiary/aromatic N) is 2. The first-order valence-corrected chi connectivity index (χ1v) is 14.0. The van der Waals surface area contributed by atoms with Gasteiger partial charge in [-0.2, -0.15) is 0 Å². The summed E-state index contributed by atoms with van der Waals surface area (Å²) in [7, 11) is -3.78. The molecule has 0 bridgehead atoms. The Morgan fingerprint density at radius 2 is 1.74 bits per heavy atom. The Labute approximate surface area is 214 Å². The number of rotatable bonds is 12. The second-order valence-electron chi connectivity index (χ2n) is 9.09. The SMILES string of the molecule is CCC(C(=O)NCC(C)C)N(CCc1ccccc1)C(=O)CN(c1ccc(Cl)cc1C)S(C)(=O)=O. The topological polar surface area (TPSA) is 86.8 Å². The zero-order valence-electron chi connectivity index (χ0n) is 21.1. The van der Waals surface area contributed by atoms with Crippen LogP contribution in [0, 0.1) is 12.8 Å². The Bertz CT molecular complexity index is 1110. The van der Waals surface area contributed by atoms with Crippen LogP contribution in [0.5, 0.6) is 0 Å². The predicted molar refractivity (Wildman–Crippen MR) is 142 cm³/mol. The van der Waals surface area contributed by atoms with Gasteiger partial charge in [0, 0.05) is 18.1 Å². The lowest BCUT2D eigenvalue weighted by molar-refractivity contribution is -0.139. The van der Waals surface area contributed by atoms with Crippen molar-refractivity contribution in [2.24, 2.45) is 5.92 Å². The fourth-order valence-electron chi connectivity index (χ4n) is 3.81. The Morgan fingerprint density at radius 1 is 1.09 bits per heavy atom. The summed E-state index contributed by atoms with van der Waals surface area (Å²) in [4.78, 5) is 28.2. The van der Waals surface area contributed by atoms with Crippen molar-refractivity contribution in [1.82, 2.24) is 10.2 Å². The van der Waals surface area contributed by atoms with Gasteiger partial charge in [-0.3, -0.25) is 13.9 Å². The Balaban J connectivity index is 2.37. The molecule has 0 radical (unpaired) electrons. The molecule has 9 heteroatoms. The number of carbonyl (C=O) groups is 2. The number of amides is 2. The molecule has 0 saturated heterocycles. The molecule has 192 valence electrons. The maximum Gasteiger partial charge on any atom is 0.244 e. The van der Waals surface area contributed by atoms with Crippen LogP contribution in [0.1, 0.15) is 38.3 Å². The highest BCUT2D eigenvalue weighted by molar-refractivity contribution is 7.92. The minimum Gasteiger partial charge on any atom is -0.354 e. The minimum absolute atomic E-state index is 0.240.